The van der Waals surface area contributed by atoms with Crippen molar-refractivity contribution in [2.45, 2.75) is 18.4 Å². The van der Waals surface area contributed by atoms with E-state index in [1.807, 2.05) is 66.5 Å². The van der Waals surface area contributed by atoms with Crippen LogP contribution in [0.25, 0.3) is 0 Å². The molecule has 1 aliphatic rings. The molecule has 0 radical (unpaired) electrons. The van der Waals surface area contributed by atoms with E-state index in [9.17, 15) is 5.26 Å². The smallest absolute Gasteiger partial charge is 0.215 e. The number of hydrogen-bond acceptors (Lipinski definition) is 4. The van der Waals surface area contributed by atoms with Gasteiger partial charge in [-0.2, -0.15) is 5.26 Å². The van der Waals surface area contributed by atoms with Gasteiger partial charge in [0.1, 0.15) is 12.2 Å². The van der Waals surface area contributed by atoms with Gasteiger partial charge in [-0.05, 0) is 11.6 Å². The molecule has 0 fully saturated rings. The number of nitriles is 1. The molecule has 1 aliphatic heterocycles. The molecule has 0 amide bonds. The number of benzene rings is 2. The number of hydrogen-bond donors (Lipinski definition) is 1. The van der Waals surface area contributed by atoms with Crippen LogP contribution in [0, 0.1) is 11.3 Å². The SMILES string of the molecule is CN1c2ccccc2C(C#N)(OCc2ccccc2)C1N. The van der Waals surface area contributed by atoms with E-state index in [-0.39, 0.29) is 0 Å². The Morgan fingerprint density at radius 1 is 1.19 bits per heavy atom. The molecule has 21 heavy (non-hydrogen) atoms. The van der Waals surface area contributed by atoms with Crippen LogP contribution in [0.4, 0.5) is 5.69 Å². The second-order valence-corrected chi connectivity index (χ2v) is 5.19. The quantitative estimate of drug-likeness (QED) is 0.937. The van der Waals surface area contributed by atoms with E-state index in [1.165, 1.54) is 0 Å². The highest BCUT2D eigenvalue weighted by Crippen LogP contribution is 2.43. The standard InChI is InChI=1S/C17H17N3O/c1-20-15-10-6-5-9-14(15)17(12-18,16(20)19)21-11-13-7-3-2-4-8-13/h2-10,16H,11,19H2,1H3. The van der Waals surface area contributed by atoms with Crippen molar-refractivity contribution in [3.8, 4) is 6.07 Å². The number of ether oxygens (including phenoxy) is 1. The van der Waals surface area contributed by atoms with Crippen molar-refractivity contribution in [1.82, 2.24) is 0 Å². The fourth-order valence-electron chi connectivity index (χ4n) is 2.77. The van der Waals surface area contributed by atoms with Crippen molar-refractivity contribution < 1.29 is 4.74 Å². The van der Waals surface area contributed by atoms with Crippen molar-refractivity contribution in [2.24, 2.45) is 5.73 Å². The van der Waals surface area contributed by atoms with Crippen molar-refractivity contribution >= 4 is 5.69 Å². The maximum atomic E-state index is 9.75. The van der Waals surface area contributed by atoms with Crippen LogP contribution in [0.3, 0.4) is 0 Å². The third kappa shape index (κ3) is 2.07. The Morgan fingerprint density at radius 3 is 2.57 bits per heavy atom. The van der Waals surface area contributed by atoms with Gasteiger partial charge in [0.05, 0.1) is 6.61 Å². The molecule has 2 aromatic carbocycles. The minimum Gasteiger partial charge on any atom is -0.355 e. The van der Waals surface area contributed by atoms with Crippen molar-refractivity contribution in [3.63, 3.8) is 0 Å². The normalized spacial score (nSPS) is 23.7. The van der Waals surface area contributed by atoms with Gasteiger partial charge in [-0.1, -0.05) is 48.5 Å². The van der Waals surface area contributed by atoms with E-state index < -0.39 is 11.8 Å². The first-order valence-corrected chi connectivity index (χ1v) is 6.86. The molecule has 0 spiro atoms. The molecular formula is C17H17N3O. The van der Waals surface area contributed by atoms with E-state index >= 15 is 0 Å². The van der Waals surface area contributed by atoms with E-state index in [1.54, 1.807) is 0 Å². The summed E-state index contributed by atoms with van der Waals surface area (Å²) in [5.41, 5.74) is 7.92. The Balaban J connectivity index is 1.95. The number of nitrogens with zero attached hydrogens (tertiary/aromatic N) is 2. The minimum absolute atomic E-state index is 0.351. The largest absolute Gasteiger partial charge is 0.355 e. The molecule has 0 bridgehead atoms. The molecular weight excluding hydrogens is 262 g/mol. The highest BCUT2D eigenvalue weighted by Gasteiger charge is 2.50. The number of nitrogens with two attached hydrogens (primary N) is 1. The molecule has 2 atom stereocenters. The van der Waals surface area contributed by atoms with Gasteiger partial charge in [-0.3, -0.25) is 0 Å². The topological polar surface area (TPSA) is 62.3 Å². The summed E-state index contributed by atoms with van der Waals surface area (Å²) in [6.45, 7) is 0.351. The summed E-state index contributed by atoms with van der Waals surface area (Å²) in [4.78, 5) is 1.89. The summed E-state index contributed by atoms with van der Waals surface area (Å²) in [5, 5.41) is 9.75. The van der Waals surface area contributed by atoms with Gasteiger partial charge in [0.2, 0.25) is 5.60 Å². The van der Waals surface area contributed by atoms with E-state index in [0.717, 1.165) is 16.8 Å². The summed E-state index contributed by atoms with van der Waals surface area (Å²) in [6.07, 6.45) is -0.524. The van der Waals surface area contributed by atoms with Crippen LogP contribution in [0.5, 0.6) is 0 Å². The van der Waals surface area contributed by atoms with Crippen LogP contribution in [0.2, 0.25) is 0 Å². The predicted molar refractivity (Wildman–Crippen MR) is 81.3 cm³/mol. The molecule has 0 saturated carbocycles. The lowest BCUT2D eigenvalue weighted by atomic mass is 9.95. The zero-order valence-electron chi connectivity index (χ0n) is 11.9. The minimum atomic E-state index is -1.14. The molecule has 0 aromatic heterocycles. The summed E-state index contributed by atoms with van der Waals surface area (Å²) in [6, 6.07) is 19.8. The molecule has 2 aromatic rings. The van der Waals surface area contributed by atoms with E-state index in [4.69, 9.17) is 10.5 Å². The van der Waals surface area contributed by atoms with Gasteiger partial charge in [-0.15, -0.1) is 0 Å². The number of rotatable bonds is 3. The average Bonchev–Trinajstić information content (AvgIpc) is 2.76. The predicted octanol–water partition coefficient (Wildman–Crippen LogP) is 2.36. The van der Waals surface area contributed by atoms with Crippen LogP contribution in [0.15, 0.2) is 54.6 Å². The van der Waals surface area contributed by atoms with E-state index in [0.29, 0.717) is 6.61 Å². The van der Waals surface area contributed by atoms with Gasteiger partial charge in [-0.25, -0.2) is 0 Å². The van der Waals surface area contributed by atoms with Crippen LogP contribution >= 0.6 is 0 Å². The van der Waals surface area contributed by atoms with Crippen LogP contribution in [-0.4, -0.2) is 13.2 Å². The Morgan fingerprint density at radius 2 is 1.86 bits per heavy atom. The van der Waals surface area contributed by atoms with Crippen LogP contribution in [-0.2, 0) is 16.9 Å². The summed E-state index contributed by atoms with van der Waals surface area (Å²) in [7, 11) is 1.88. The Kier molecular flexibility index (Phi) is 3.38. The number of anilines is 1. The average molecular weight is 279 g/mol. The van der Waals surface area contributed by atoms with E-state index in [2.05, 4.69) is 6.07 Å². The van der Waals surface area contributed by atoms with Gasteiger partial charge in [0, 0.05) is 18.3 Å². The molecule has 1 heterocycles. The molecule has 2 unspecified atom stereocenters. The molecule has 2 N–H and O–H groups in total. The molecule has 0 saturated heterocycles. The highest BCUT2D eigenvalue weighted by atomic mass is 16.5. The molecule has 106 valence electrons. The maximum Gasteiger partial charge on any atom is 0.215 e. The lowest BCUT2D eigenvalue weighted by Crippen LogP contribution is -2.50. The first kappa shape index (κ1) is 13.6. The lowest BCUT2D eigenvalue weighted by Gasteiger charge is -2.29. The summed E-state index contributed by atoms with van der Waals surface area (Å²) >= 11 is 0. The van der Waals surface area contributed by atoms with Gasteiger partial charge < -0.3 is 15.4 Å². The molecule has 3 rings (SSSR count). The maximum absolute atomic E-state index is 9.75. The second kappa shape index (κ2) is 5.21. The first-order valence-electron chi connectivity index (χ1n) is 6.86. The molecule has 4 heteroatoms. The monoisotopic (exact) mass is 279 g/mol. The second-order valence-electron chi connectivity index (χ2n) is 5.19. The Hall–Kier alpha value is -2.35. The zero-order valence-corrected chi connectivity index (χ0v) is 11.9. The number of fused-ring (bicyclic) bond motifs is 1. The zero-order chi connectivity index (χ0) is 14.9. The first-order chi connectivity index (χ1) is 10.2. The summed E-state index contributed by atoms with van der Waals surface area (Å²) in [5.74, 6) is 0. The van der Waals surface area contributed by atoms with Gasteiger partial charge >= 0.3 is 0 Å². The van der Waals surface area contributed by atoms with Crippen molar-refractivity contribution in [3.05, 3.63) is 65.7 Å². The summed E-state index contributed by atoms with van der Waals surface area (Å²) < 4.78 is 6.01. The Labute approximate surface area is 124 Å². The number of likely N-dealkylation sites (N-methyl/N-ethyl adjacent to an activating group) is 1. The molecule has 0 aliphatic carbocycles. The van der Waals surface area contributed by atoms with Crippen LogP contribution in [0.1, 0.15) is 11.1 Å². The lowest BCUT2D eigenvalue weighted by molar-refractivity contribution is -0.0287. The van der Waals surface area contributed by atoms with Gasteiger partial charge in [0.25, 0.3) is 0 Å². The fraction of sp³-hybridized carbons (Fsp3) is 0.235. The molecule has 4 nitrogen and oxygen atoms in total. The van der Waals surface area contributed by atoms with Crippen LogP contribution < -0.4 is 10.6 Å². The van der Waals surface area contributed by atoms with Crippen molar-refractivity contribution in [2.75, 3.05) is 11.9 Å². The fourth-order valence-corrected chi connectivity index (χ4v) is 2.77. The highest BCUT2D eigenvalue weighted by molar-refractivity contribution is 5.64. The number of para-hydroxylation sites is 1. The van der Waals surface area contributed by atoms with Crippen molar-refractivity contribution in [1.29, 1.82) is 5.26 Å². The third-order valence-electron chi connectivity index (χ3n) is 3.99. The third-order valence-corrected chi connectivity index (χ3v) is 3.99. The Bertz CT molecular complexity index is 680. The van der Waals surface area contributed by atoms with Gasteiger partial charge in [0.15, 0.2) is 0 Å².